The summed E-state index contributed by atoms with van der Waals surface area (Å²) in [7, 11) is -4.49. The number of sulfonamides is 1. The molecule has 1 aliphatic rings. The van der Waals surface area contributed by atoms with Crippen LogP contribution < -0.4 is 15.4 Å². The molecule has 2 amide bonds. The smallest absolute Gasteiger partial charge is 0.416 e. The van der Waals surface area contributed by atoms with Gasteiger partial charge in [0.05, 0.1) is 23.2 Å². The molecule has 1 aliphatic heterocycles. The lowest BCUT2D eigenvalue weighted by Crippen LogP contribution is -2.56. The highest BCUT2D eigenvalue weighted by Gasteiger charge is 2.40. The summed E-state index contributed by atoms with van der Waals surface area (Å²) in [5.41, 5.74) is 0.659. The third-order valence-corrected chi connectivity index (χ3v) is 9.40. The molecule has 0 aromatic heterocycles. The van der Waals surface area contributed by atoms with Crippen LogP contribution in [0.4, 0.5) is 18.9 Å². The maximum atomic E-state index is 13.7. The van der Waals surface area contributed by atoms with Crippen molar-refractivity contribution in [1.82, 2.24) is 9.62 Å². The number of carbonyl (C=O) groups is 2. The van der Waals surface area contributed by atoms with Gasteiger partial charge in [0.25, 0.3) is 0 Å². The Hall–Kier alpha value is -3.94. The average Bonchev–Trinajstić information content (AvgIpc) is 3.01. The second-order valence-corrected chi connectivity index (χ2v) is 12.7. The van der Waals surface area contributed by atoms with Crippen molar-refractivity contribution in [2.75, 3.05) is 18.5 Å². The Kier molecular flexibility index (Phi) is 10.9. The molecule has 0 saturated carbocycles. The number of piperidine rings is 1. The van der Waals surface area contributed by atoms with Crippen LogP contribution in [-0.4, -0.2) is 54.9 Å². The molecule has 3 N–H and O–H groups in total. The highest BCUT2D eigenvalue weighted by atomic mass is 32.2. The van der Waals surface area contributed by atoms with E-state index in [0.29, 0.717) is 48.1 Å². The number of alkyl halides is 3. The minimum atomic E-state index is -4.75. The molecule has 0 radical (unpaired) electrons. The van der Waals surface area contributed by atoms with Crippen LogP contribution in [0.15, 0.2) is 77.7 Å². The van der Waals surface area contributed by atoms with Gasteiger partial charge in [0, 0.05) is 18.7 Å². The summed E-state index contributed by atoms with van der Waals surface area (Å²) in [6.07, 6.45) is -4.35. The Bertz CT molecular complexity index is 1580. The molecular formula is C32H36F3N3O6S. The van der Waals surface area contributed by atoms with Crippen molar-refractivity contribution in [2.24, 2.45) is 0 Å². The topological polar surface area (TPSA) is 125 Å². The number of amides is 2. The van der Waals surface area contributed by atoms with Crippen LogP contribution in [0.2, 0.25) is 0 Å². The van der Waals surface area contributed by atoms with E-state index < -0.39 is 56.7 Å². The van der Waals surface area contributed by atoms with Gasteiger partial charge in [-0.1, -0.05) is 36.8 Å². The van der Waals surface area contributed by atoms with E-state index in [0.717, 1.165) is 22.5 Å². The van der Waals surface area contributed by atoms with Gasteiger partial charge in [-0.3, -0.25) is 9.59 Å². The van der Waals surface area contributed by atoms with Crippen molar-refractivity contribution in [2.45, 2.75) is 68.8 Å². The summed E-state index contributed by atoms with van der Waals surface area (Å²) in [6.45, 7) is 3.86. The van der Waals surface area contributed by atoms with Crippen LogP contribution in [0.1, 0.15) is 55.9 Å². The second-order valence-electron chi connectivity index (χ2n) is 10.8. The first-order valence-corrected chi connectivity index (χ1v) is 16.0. The lowest BCUT2D eigenvalue weighted by Gasteiger charge is -2.34. The van der Waals surface area contributed by atoms with Crippen molar-refractivity contribution in [1.29, 1.82) is 0 Å². The zero-order valence-electron chi connectivity index (χ0n) is 24.9. The molecule has 3 atom stereocenters. The number of nitrogens with one attached hydrogen (secondary N) is 2. The quantitative estimate of drug-likeness (QED) is 0.267. The number of aliphatic hydroxyl groups is 1. The van der Waals surface area contributed by atoms with Crippen LogP contribution in [0.5, 0.6) is 5.75 Å². The van der Waals surface area contributed by atoms with Gasteiger partial charge in [-0.05, 0) is 80.3 Å². The second kappa shape index (κ2) is 14.4. The molecule has 9 nitrogen and oxygen atoms in total. The molecule has 242 valence electrons. The molecule has 4 rings (SSSR count). The zero-order valence-corrected chi connectivity index (χ0v) is 25.7. The van der Waals surface area contributed by atoms with Crippen molar-refractivity contribution >= 4 is 27.5 Å². The van der Waals surface area contributed by atoms with Crippen molar-refractivity contribution < 1.29 is 41.0 Å². The largest absolute Gasteiger partial charge is 0.494 e. The van der Waals surface area contributed by atoms with E-state index in [1.165, 1.54) is 0 Å². The van der Waals surface area contributed by atoms with Crippen LogP contribution >= 0.6 is 0 Å². The van der Waals surface area contributed by atoms with E-state index >= 15 is 0 Å². The number of aliphatic hydroxyl groups excluding tert-OH is 1. The Morgan fingerprint density at radius 2 is 1.73 bits per heavy atom. The first-order valence-electron chi connectivity index (χ1n) is 14.6. The van der Waals surface area contributed by atoms with E-state index in [-0.39, 0.29) is 19.4 Å². The Morgan fingerprint density at radius 1 is 1.04 bits per heavy atom. The van der Waals surface area contributed by atoms with Gasteiger partial charge < -0.3 is 20.5 Å². The molecule has 3 aromatic carbocycles. The van der Waals surface area contributed by atoms with Gasteiger partial charge in [-0.15, -0.1) is 0 Å². The number of nitrogens with zero attached hydrogens (tertiary/aromatic N) is 1. The van der Waals surface area contributed by atoms with E-state index in [1.54, 1.807) is 55.5 Å². The molecule has 1 saturated heterocycles. The highest BCUT2D eigenvalue weighted by molar-refractivity contribution is 7.89. The fourth-order valence-electron chi connectivity index (χ4n) is 5.10. The maximum absolute atomic E-state index is 13.7. The van der Waals surface area contributed by atoms with Crippen LogP contribution in [-0.2, 0) is 32.2 Å². The summed E-state index contributed by atoms with van der Waals surface area (Å²) in [5.74, 6) is -0.689. The van der Waals surface area contributed by atoms with Crippen molar-refractivity contribution in [3.63, 3.8) is 0 Å². The Morgan fingerprint density at radius 3 is 2.36 bits per heavy atom. The molecule has 0 aliphatic carbocycles. The van der Waals surface area contributed by atoms with Crippen molar-refractivity contribution in [3.8, 4) is 5.75 Å². The van der Waals surface area contributed by atoms with Crippen LogP contribution in [0.25, 0.3) is 0 Å². The van der Waals surface area contributed by atoms with E-state index in [2.05, 4.69) is 10.6 Å². The van der Waals surface area contributed by atoms with Gasteiger partial charge >= 0.3 is 6.18 Å². The number of rotatable bonds is 11. The van der Waals surface area contributed by atoms with E-state index in [4.69, 9.17) is 4.74 Å². The molecule has 0 spiro atoms. The van der Waals surface area contributed by atoms with Gasteiger partial charge in [-0.25, -0.2) is 8.42 Å². The predicted octanol–water partition coefficient (Wildman–Crippen LogP) is 5.07. The number of anilines is 1. The van der Waals surface area contributed by atoms with Crippen molar-refractivity contribution in [3.05, 3.63) is 89.5 Å². The monoisotopic (exact) mass is 647 g/mol. The van der Waals surface area contributed by atoms with Gasteiger partial charge in [-0.2, -0.15) is 17.5 Å². The highest BCUT2D eigenvalue weighted by Crippen LogP contribution is 2.32. The lowest BCUT2D eigenvalue weighted by atomic mass is 10.00. The number of halogens is 3. The SMILES string of the molecule is CCOc1ccc(NC(=O)C(Cc2ccc([C@H](C)O)cc2)NC(=O)[C@@H]2CCCCN2S(=O)(=O)c2cccc(C(F)(F)F)c2)cc1. The zero-order chi connectivity index (χ0) is 32.8. The normalized spacial score (nSPS) is 17.2. The fourth-order valence-corrected chi connectivity index (χ4v) is 6.80. The van der Waals surface area contributed by atoms with Gasteiger partial charge in [0.1, 0.15) is 17.8 Å². The molecule has 1 unspecified atom stereocenters. The molecule has 1 fully saturated rings. The predicted molar refractivity (Wildman–Crippen MR) is 162 cm³/mol. The summed E-state index contributed by atoms with van der Waals surface area (Å²) < 4.78 is 73.5. The Labute approximate surface area is 260 Å². The van der Waals surface area contributed by atoms with E-state index in [9.17, 15) is 36.3 Å². The number of benzene rings is 3. The molecule has 13 heteroatoms. The molecule has 1 heterocycles. The van der Waals surface area contributed by atoms with Gasteiger partial charge in [0.2, 0.25) is 21.8 Å². The molecule has 0 bridgehead atoms. The van der Waals surface area contributed by atoms with E-state index in [1.807, 2.05) is 6.92 Å². The summed E-state index contributed by atoms with van der Waals surface area (Å²) in [4.78, 5) is 26.7. The fraction of sp³-hybridized carbons (Fsp3) is 0.375. The van der Waals surface area contributed by atoms with Crippen LogP contribution in [0, 0.1) is 0 Å². The maximum Gasteiger partial charge on any atom is 0.416 e. The molecular weight excluding hydrogens is 611 g/mol. The minimum absolute atomic E-state index is 0.0434. The first-order chi connectivity index (χ1) is 21.3. The number of hydrogen-bond acceptors (Lipinski definition) is 6. The standard InChI is InChI=1S/C32H36F3N3O6S/c1-3-44-26-16-14-25(15-17-26)36-30(40)28(19-22-10-12-23(13-11-22)21(2)39)37-31(41)29-9-4-5-18-38(29)45(42,43)27-8-6-7-24(20-27)32(33,34)35/h6-8,10-17,20-21,28-29,39H,3-5,9,18-19H2,1-2H3,(H,36,40)(H,37,41)/t21-,28?,29-/m0/s1. The minimum Gasteiger partial charge on any atom is -0.494 e. The third-order valence-electron chi connectivity index (χ3n) is 7.49. The number of ether oxygens (including phenoxy) is 1. The van der Waals surface area contributed by atoms with Gasteiger partial charge in [0.15, 0.2) is 0 Å². The summed E-state index contributed by atoms with van der Waals surface area (Å²) in [5, 5.41) is 15.3. The average molecular weight is 648 g/mol. The summed E-state index contributed by atoms with van der Waals surface area (Å²) >= 11 is 0. The Balaban J connectivity index is 1.59. The number of carbonyl (C=O) groups excluding carboxylic acids is 2. The first kappa shape index (κ1) is 33.9. The molecule has 45 heavy (non-hydrogen) atoms. The lowest BCUT2D eigenvalue weighted by molar-refractivity contribution is -0.137. The summed E-state index contributed by atoms with van der Waals surface area (Å²) in [6, 6.07) is 14.5. The third kappa shape index (κ3) is 8.62. The van der Waals surface area contributed by atoms with Crippen LogP contribution in [0.3, 0.4) is 0 Å². The number of hydrogen-bond donors (Lipinski definition) is 3. The molecule has 3 aromatic rings.